The van der Waals surface area contributed by atoms with Crippen LogP contribution in [-0.2, 0) is 30.5 Å². The number of halogens is 4. The molecule has 0 bridgehead atoms. The predicted octanol–water partition coefficient (Wildman–Crippen LogP) is 3.97. The highest BCUT2D eigenvalue weighted by Gasteiger charge is 2.31. The van der Waals surface area contributed by atoms with Gasteiger partial charge in [0.2, 0.25) is 10.0 Å². The maximum atomic E-state index is 12.8. The zero-order valence-corrected chi connectivity index (χ0v) is 18.2. The lowest BCUT2D eigenvalue weighted by atomic mass is 10.1. The number of carbonyl (C=O) groups is 2. The van der Waals surface area contributed by atoms with Gasteiger partial charge >= 0.3 is 12.1 Å². The average Bonchev–Trinajstić information content (AvgIpc) is 2.76. The maximum absolute atomic E-state index is 12.8. The summed E-state index contributed by atoms with van der Waals surface area (Å²) in [5.74, 6) is -2.02. The Hall–Kier alpha value is -3.15. The minimum atomic E-state index is -4.64. The van der Waals surface area contributed by atoms with Crippen molar-refractivity contribution < 1.29 is 35.9 Å². The second-order valence-corrected chi connectivity index (χ2v) is 8.91. The summed E-state index contributed by atoms with van der Waals surface area (Å²) in [6, 6.07) is 13.9. The van der Waals surface area contributed by atoms with Crippen LogP contribution in [-0.4, -0.2) is 33.4 Å². The summed E-state index contributed by atoms with van der Waals surface area (Å²) in [6.07, 6.45) is -4.64. The van der Waals surface area contributed by atoms with E-state index < -0.39 is 46.8 Å². The summed E-state index contributed by atoms with van der Waals surface area (Å²) < 4.78 is 69.9. The van der Waals surface area contributed by atoms with E-state index in [9.17, 15) is 31.2 Å². The van der Waals surface area contributed by atoms with Crippen LogP contribution < -0.4 is 10.0 Å². The first-order valence-corrected chi connectivity index (χ1v) is 11.1. The maximum Gasteiger partial charge on any atom is 0.416 e. The Morgan fingerprint density at radius 1 is 0.970 bits per heavy atom. The molecule has 0 aliphatic rings. The molecule has 0 saturated carbocycles. The molecule has 7 nitrogen and oxygen atoms in total. The standard InChI is InChI=1S/C21H16ClF3N2O5S/c22-17-8-6-15(21(23,24)25)10-18(17)27-19(28)12-32-20(29)11-26-33(30,31)16-7-5-13-3-1-2-4-14(13)9-16/h1-10,26H,11-12H2,(H,27,28). The number of alkyl halides is 3. The quantitative estimate of drug-likeness (QED) is 0.478. The van der Waals surface area contributed by atoms with Crippen LogP contribution in [0.4, 0.5) is 18.9 Å². The van der Waals surface area contributed by atoms with Crippen LogP contribution in [0.3, 0.4) is 0 Å². The highest BCUT2D eigenvalue weighted by molar-refractivity contribution is 7.89. The lowest BCUT2D eigenvalue weighted by Gasteiger charge is -2.12. The molecule has 33 heavy (non-hydrogen) atoms. The van der Waals surface area contributed by atoms with E-state index in [-0.39, 0.29) is 15.6 Å². The number of sulfonamides is 1. The van der Waals surface area contributed by atoms with E-state index in [4.69, 9.17) is 11.6 Å². The lowest BCUT2D eigenvalue weighted by Crippen LogP contribution is -2.32. The first-order chi connectivity index (χ1) is 15.5. The van der Waals surface area contributed by atoms with Crippen LogP contribution in [0.1, 0.15) is 5.56 Å². The van der Waals surface area contributed by atoms with Gasteiger partial charge in [-0.3, -0.25) is 9.59 Å². The topological polar surface area (TPSA) is 102 Å². The summed E-state index contributed by atoms with van der Waals surface area (Å²) >= 11 is 5.78. The van der Waals surface area contributed by atoms with E-state index in [1.807, 2.05) is 12.1 Å². The molecule has 3 rings (SSSR count). The molecule has 174 valence electrons. The molecule has 0 fully saturated rings. The van der Waals surface area contributed by atoms with Gasteiger partial charge in [0.25, 0.3) is 5.91 Å². The van der Waals surface area contributed by atoms with E-state index in [1.54, 1.807) is 18.2 Å². The zero-order valence-electron chi connectivity index (χ0n) is 16.6. The Morgan fingerprint density at radius 2 is 1.67 bits per heavy atom. The van der Waals surface area contributed by atoms with Crippen molar-refractivity contribution in [1.29, 1.82) is 0 Å². The first kappa shape index (κ1) is 24.5. The molecule has 0 aliphatic heterocycles. The Balaban J connectivity index is 1.54. The predicted molar refractivity (Wildman–Crippen MR) is 115 cm³/mol. The van der Waals surface area contributed by atoms with Crippen molar-refractivity contribution >= 4 is 50.0 Å². The van der Waals surface area contributed by atoms with Crippen LogP contribution in [0.15, 0.2) is 65.6 Å². The van der Waals surface area contributed by atoms with Crippen LogP contribution in [0.25, 0.3) is 10.8 Å². The van der Waals surface area contributed by atoms with Gasteiger partial charge < -0.3 is 10.1 Å². The van der Waals surface area contributed by atoms with Gasteiger partial charge in [0, 0.05) is 0 Å². The normalized spacial score (nSPS) is 11.9. The number of anilines is 1. The molecular weight excluding hydrogens is 485 g/mol. The van der Waals surface area contributed by atoms with Crippen LogP contribution in [0.2, 0.25) is 5.02 Å². The van der Waals surface area contributed by atoms with E-state index >= 15 is 0 Å². The molecular formula is C21H16ClF3N2O5S. The van der Waals surface area contributed by atoms with Crippen molar-refractivity contribution in [2.24, 2.45) is 0 Å². The molecule has 0 atom stereocenters. The molecule has 0 aromatic heterocycles. The number of hydrogen-bond acceptors (Lipinski definition) is 5. The van der Waals surface area contributed by atoms with Gasteiger partial charge in [-0.15, -0.1) is 0 Å². The van der Waals surface area contributed by atoms with Gasteiger partial charge in [-0.2, -0.15) is 17.9 Å². The molecule has 0 spiro atoms. The molecule has 0 radical (unpaired) electrons. The number of rotatable bonds is 7. The second kappa shape index (κ2) is 9.77. The monoisotopic (exact) mass is 500 g/mol. The van der Waals surface area contributed by atoms with Gasteiger partial charge in [0.1, 0.15) is 6.54 Å². The summed E-state index contributed by atoms with van der Waals surface area (Å²) in [7, 11) is -4.03. The van der Waals surface area contributed by atoms with Crippen LogP contribution >= 0.6 is 11.6 Å². The molecule has 2 N–H and O–H groups in total. The third-order valence-electron chi connectivity index (χ3n) is 4.37. The molecule has 3 aromatic rings. The minimum absolute atomic E-state index is 0.0640. The lowest BCUT2D eigenvalue weighted by molar-refractivity contribution is -0.146. The Morgan fingerprint density at radius 3 is 2.36 bits per heavy atom. The third kappa shape index (κ3) is 6.44. The van der Waals surface area contributed by atoms with Gasteiger partial charge in [-0.1, -0.05) is 41.9 Å². The number of esters is 1. The number of carbonyl (C=O) groups excluding carboxylic acids is 2. The van der Waals surface area contributed by atoms with Gasteiger partial charge in [-0.25, -0.2) is 8.42 Å². The highest BCUT2D eigenvalue weighted by atomic mass is 35.5. The fourth-order valence-corrected chi connectivity index (χ4v) is 3.92. The Labute approximate surface area is 191 Å². The largest absolute Gasteiger partial charge is 0.455 e. The van der Waals surface area contributed by atoms with E-state index in [0.29, 0.717) is 11.5 Å². The van der Waals surface area contributed by atoms with Gasteiger partial charge in [0.15, 0.2) is 6.61 Å². The average molecular weight is 501 g/mol. The summed E-state index contributed by atoms with van der Waals surface area (Å²) in [5.41, 5.74) is -1.34. The molecule has 3 aromatic carbocycles. The first-order valence-electron chi connectivity index (χ1n) is 9.26. The number of fused-ring (bicyclic) bond motifs is 1. The number of amides is 1. The van der Waals surface area contributed by atoms with E-state index in [0.717, 1.165) is 17.5 Å². The van der Waals surface area contributed by atoms with Gasteiger partial charge in [-0.05, 0) is 41.1 Å². The van der Waals surface area contributed by atoms with Crippen molar-refractivity contribution in [2.75, 3.05) is 18.5 Å². The SMILES string of the molecule is O=C(COC(=O)CNS(=O)(=O)c1ccc2ccccc2c1)Nc1cc(C(F)(F)F)ccc1Cl. The summed E-state index contributed by atoms with van der Waals surface area (Å²) in [6.45, 7) is -1.62. The Kier molecular flexibility index (Phi) is 7.25. The molecule has 12 heteroatoms. The number of hydrogen-bond donors (Lipinski definition) is 2. The van der Waals surface area contributed by atoms with Crippen LogP contribution in [0, 0.1) is 0 Å². The summed E-state index contributed by atoms with van der Waals surface area (Å²) in [4.78, 5) is 23.7. The molecule has 1 amide bonds. The fraction of sp³-hybridized carbons (Fsp3) is 0.143. The molecule has 0 aliphatic carbocycles. The van der Waals surface area contributed by atoms with Crippen LogP contribution in [0.5, 0.6) is 0 Å². The van der Waals surface area contributed by atoms with Crippen molar-refractivity contribution in [3.05, 3.63) is 71.2 Å². The highest BCUT2D eigenvalue weighted by Crippen LogP contribution is 2.33. The van der Waals surface area contributed by atoms with E-state index in [2.05, 4.69) is 14.8 Å². The minimum Gasteiger partial charge on any atom is -0.455 e. The van der Waals surface area contributed by atoms with E-state index in [1.165, 1.54) is 12.1 Å². The Bertz CT molecular complexity index is 1310. The molecule has 0 saturated heterocycles. The molecule has 0 unspecified atom stereocenters. The second-order valence-electron chi connectivity index (χ2n) is 6.73. The summed E-state index contributed by atoms with van der Waals surface area (Å²) in [5, 5.41) is 3.48. The van der Waals surface area contributed by atoms with Crippen molar-refractivity contribution in [3.63, 3.8) is 0 Å². The van der Waals surface area contributed by atoms with Crippen molar-refractivity contribution in [3.8, 4) is 0 Å². The van der Waals surface area contributed by atoms with Crippen molar-refractivity contribution in [2.45, 2.75) is 11.1 Å². The van der Waals surface area contributed by atoms with Crippen molar-refractivity contribution in [1.82, 2.24) is 4.72 Å². The van der Waals surface area contributed by atoms with Gasteiger partial charge in [0.05, 0.1) is 21.2 Å². The number of benzene rings is 3. The number of nitrogens with one attached hydrogen (secondary N) is 2. The fourth-order valence-electron chi connectivity index (χ4n) is 2.75. The third-order valence-corrected chi connectivity index (χ3v) is 6.10. The smallest absolute Gasteiger partial charge is 0.416 e. The zero-order chi connectivity index (χ0) is 24.2. The number of ether oxygens (including phenoxy) is 1. The molecule has 0 heterocycles.